The number of aromatic nitrogens is 2. The highest BCUT2D eigenvalue weighted by Crippen LogP contribution is 2.15. The number of fused-ring (bicyclic) bond motifs is 1. The van der Waals surface area contributed by atoms with Gasteiger partial charge >= 0.3 is 0 Å². The topological polar surface area (TPSA) is 43.8 Å². The van der Waals surface area contributed by atoms with E-state index in [0.29, 0.717) is 6.04 Å². The molecule has 1 aliphatic heterocycles. The number of rotatable bonds is 1. The molecule has 74 valence electrons. The Labute approximate surface area is 84.7 Å². The summed E-state index contributed by atoms with van der Waals surface area (Å²) in [4.78, 5) is 4.36. The van der Waals surface area contributed by atoms with Gasteiger partial charge in [-0.1, -0.05) is 6.92 Å². The van der Waals surface area contributed by atoms with Crippen molar-refractivity contribution in [1.82, 2.24) is 9.55 Å². The summed E-state index contributed by atoms with van der Waals surface area (Å²) in [6.07, 6.45) is 5.08. The standard InChI is InChI=1S/C9H15N3.ClH/c1-2-9-11-6-8-5-7(10)3-4-12(8)9;/h6-7H,2-5,10H2,1H3;1H. The highest BCUT2D eigenvalue weighted by Gasteiger charge is 2.17. The third-order valence-electron chi connectivity index (χ3n) is 2.53. The molecule has 0 fully saturated rings. The summed E-state index contributed by atoms with van der Waals surface area (Å²) < 4.78 is 2.31. The predicted octanol–water partition coefficient (Wildman–Crippen LogP) is 1.14. The van der Waals surface area contributed by atoms with Crippen LogP contribution in [0, 0.1) is 0 Å². The first-order valence-corrected chi connectivity index (χ1v) is 4.60. The molecule has 1 atom stereocenters. The quantitative estimate of drug-likeness (QED) is 0.741. The summed E-state index contributed by atoms with van der Waals surface area (Å²) in [5.41, 5.74) is 7.17. The zero-order valence-electron chi connectivity index (χ0n) is 7.86. The average Bonchev–Trinajstić information content (AvgIpc) is 2.46. The minimum atomic E-state index is 0. The van der Waals surface area contributed by atoms with Gasteiger partial charge in [-0.3, -0.25) is 0 Å². The van der Waals surface area contributed by atoms with E-state index in [-0.39, 0.29) is 12.4 Å². The number of aryl methyl sites for hydroxylation is 1. The normalized spacial score (nSPS) is 20.6. The van der Waals surface area contributed by atoms with Crippen molar-refractivity contribution in [1.29, 1.82) is 0 Å². The van der Waals surface area contributed by atoms with Gasteiger partial charge in [-0.2, -0.15) is 0 Å². The van der Waals surface area contributed by atoms with E-state index in [1.54, 1.807) is 0 Å². The van der Waals surface area contributed by atoms with Crippen molar-refractivity contribution in [3.8, 4) is 0 Å². The zero-order valence-corrected chi connectivity index (χ0v) is 8.68. The van der Waals surface area contributed by atoms with Crippen LogP contribution in [0.3, 0.4) is 0 Å². The molecule has 0 radical (unpaired) electrons. The van der Waals surface area contributed by atoms with Crippen molar-refractivity contribution in [2.75, 3.05) is 0 Å². The van der Waals surface area contributed by atoms with Crippen molar-refractivity contribution in [2.24, 2.45) is 5.73 Å². The van der Waals surface area contributed by atoms with Crippen LogP contribution in [-0.2, 0) is 19.4 Å². The molecule has 2 rings (SSSR count). The van der Waals surface area contributed by atoms with Crippen LogP contribution in [0.25, 0.3) is 0 Å². The lowest BCUT2D eigenvalue weighted by Crippen LogP contribution is -2.30. The van der Waals surface area contributed by atoms with Crippen LogP contribution in [0.15, 0.2) is 6.20 Å². The van der Waals surface area contributed by atoms with Crippen LogP contribution in [0.5, 0.6) is 0 Å². The molecule has 13 heavy (non-hydrogen) atoms. The molecule has 1 aromatic heterocycles. The van der Waals surface area contributed by atoms with Crippen LogP contribution in [0.2, 0.25) is 0 Å². The molecule has 2 N–H and O–H groups in total. The second-order valence-electron chi connectivity index (χ2n) is 3.42. The third kappa shape index (κ3) is 1.86. The highest BCUT2D eigenvalue weighted by molar-refractivity contribution is 5.85. The number of halogens is 1. The molecule has 4 heteroatoms. The van der Waals surface area contributed by atoms with Crippen LogP contribution in [0.4, 0.5) is 0 Å². The zero-order chi connectivity index (χ0) is 8.55. The molecule has 0 amide bonds. The number of nitrogens with zero attached hydrogens (tertiary/aromatic N) is 2. The molecule has 0 bridgehead atoms. The Hall–Kier alpha value is -0.540. The fraction of sp³-hybridized carbons (Fsp3) is 0.667. The first kappa shape index (κ1) is 10.5. The minimum absolute atomic E-state index is 0. The fourth-order valence-electron chi connectivity index (χ4n) is 1.84. The molecule has 1 unspecified atom stereocenters. The molecule has 3 nitrogen and oxygen atoms in total. The minimum Gasteiger partial charge on any atom is -0.332 e. The van der Waals surface area contributed by atoms with Gasteiger partial charge in [0, 0.05) is 37.3 Å². The Morgan fingerprint density at radius 2 is 2.46 bits per heavy atom. The molecular formula is C9H16ClN3. The van der Waals surface area contributed by atoms with Gasteiger partial charge in [-0.25, -0.2) is 4.98 Å². The van der Waals surface area contributed by atoms with Gasteiger partial charge in [0.2, 0.25) is 0 Å². The maximum atomic E-state index is 5.86. The van der Waals surface area contributed by atoms with Gasteiger partial charge < -0.3 is 10.3 Å². The van der Waals surface area contributed by atoms with Gasteiger partial charge in [0.05, 0.1) is 0 Å². The summed E-state index contributed by atoms with van der Waals surface area (Å²) in [7, 11) is 0. The Balaban J connectivity index is 0.000000845. The van der Waals surface area contributed by atoms with Gasteiger partial charge in [-0.05, 0) is 6.42 Å². The summed E-state index contributed by atoms with van der Waals surface area (Å²) in [6, 6.07) is 0.346. The van der Waals surface area contributed by atoms with Gasteiger partial charge in [0.1, 0.15) is 5.82 Å². The summed E-state index contributed by atoms with van der Waals surface area (Å²) in [5.74, 6) is 1.21. The Morgan fingerprint density at radius 3 is 3.15 bits per heavy atom. The van der Waals surface area contributed by atoms with Crippen molar-refractivity contribution < 1.29 is 0 Å². The molecule has 0 saturated heterocycles. The Morgan fingerprint density at radius 1 is 1.69 bits per heavy atom. The molecule has 0 saturated carbocycles. The second kappa shape index (κ2) is 4.11. The Bertz CT molecular complexity index is 282. The lowest BCUT2D eigenvalue weighted by atomic mass is 10.1. The summed E-state index contributed by atoms with van der Waals surface area (Å²) in [6.45, 7) is 3.20. The smallest absolute Gasteiger partial charge is 0.108 e. The first-order chi connectivity index (χ1) is 5.81. The molecule has 0 spiro atoms. The van der Waals surface area contributed by atoms with Crippen LogP contribution < -0.4 is 5.73 Å². The summed E-state index contributed by atoms with van der Waals surface area (Å²) >= 11 is 0. The summed E-state index contributed by atoms with van der Waals surface area (Å²) in [5, 5.41) is 0. The fourth-order valence-corrected chi connectivity index (χ4v) is 1.84. The van der Waals surface area contributed by atoms with Crippen LogP contribution in [0.1, 0.15) is 24.9 Å². The van der Waals surface area contributed by atoms with Crippen molar-refractivity contribution >= 4 is 12.4 Å². The van der Waals surface area contributed by atoms with Crippen molar-refractivity contribution in [3.05, 3.63) is 17.7 Å². The van der Waals surface area contributed by atoms with E-state index in [9.17, 15) is 0 Å². The molecule has 1 aromatic rings. The van der Waals surface area contributed by atoms with Crippen molar-refractivity contribution in [2.45, 2.75) is 38.8 Å². The van der Waals surface area contributed by atoms with Gasteiger partial charge in [0.15, 0.2) is 0 Å². The lowest BCUT2D eigenvalue weighted by molar-refractivity contribution is 0.461. The van der Waals surface area contributed by atoms with E-state index >= 15 is 0 Å². The largest absolute Gasteiger partial charge is 0.332 e. The maximum Gasteiger partial charge on any atom is 0.108 e. The maximum absolute atomic E-state index is 5.86. The van der Waals surface area contributed by atoms with Crippen molar-refractivity contribution in [3.63, 3.8) is 0 Å². The van der Waals surface area contributed by atoms with E-state index in [2.05, 4.69) is 16.5 Å². The lowest BCUT2D eigenvalue weighted by Gasteiger charge is -2.21. The number of hydrogen-bond donors (Lipinski definition) is 1. The predicted molar refractivity (Wildman–Crippen MR) is 55.1 cm³/mol. The monoisotopic (exact) mass is 201 g/mol. The van der Waals surface area contributed by atoms with E-state index in [0.717, 1.165) is 25.8 Å². The molecule has 2 heterocycles. The number of imidazole rings is 1. The highest BCUT2D eigenvalue weighted by atomic mass is 35.5. The first-order valence-electron chi connectivity index (χ1n) is 4.60. The van der Waals surface area contributed by atoms with E-state index in [4.69, 9.17) is 5.73 Å². The molecule has 0 aromatic carbocycles. The van der Waals surface area contributed by atoms with E-state index in [1.807, 2.05) is 6.20 Å². The van der Waals surface area contributed by atoms with Gasteiger partial charge in [0.25, 0.3) is 0 Å². The molecule has 1 aliphatic rings. The molecular weight excluding hydrogens is 186 g/mol. The molecule has 0 aliphatic carbocycles. The van der Waals surface area contributed by atoms with E-state index in [1.165, 1.54) is 11.5 Å². The Kier molecular flexibility index (Phi) is 3.33. The second-order valence-corrected chi connectivity index (χ2v) is 3.42. The van der Waals surface area contributed by atoms with Gasteiger partial charge in [-0.15, -0.1) is 12.4 Å². The van der Waals surface area contributed by atoms with E-state index < -0.39 is 0 Å². The number of nitrogens with two attached hydrogens (primary N) is 1. The third-order valence-corrected chi connectivity index (χ3v) is 2.53. The van der Waals surface area contributed by atoms with Crippen LogP contribution in [-0.4, -0.2) is 15.6 Å². The number of hydrogen-bond acceptors (Lipinski definition) is 2. The average molecular weight is 202 g/mol. The van der Waals surface area contributed by atoms with Crippen LogP contribution >= 0.6 is 12.4 Å². The SMILES string of the molecule is CCc1ncc2n1CCC(N)C2.Cl.